The molecule has 1 aromatic rings. The van der Waals surface area contributed by atoms with Gasteiger partial charge in [0.25, 0.3) is 0 Å². The molecule has 0 saturated heterocycles. The van der Waals surface area contributed by atoms with Crippen LogP contribution in [-0.4, -0.2) is 6.29 Å². The number of aldehydes is 1. The predicted molar refractivity (Wildman–Crippen MR) is 54.5 cm³/mol. The maximum Gasteiger partial charge on any atom is 0.123 e. The SMILES string of the molecule is CC(C=O)Cc1ccc(N)c(C#N)c1. The summed E-state index contributed by atoms with van der Waals surface area (Å²) in [7, 11) is 0. The van der Waals surface area contributed by atoms with Crippen LogP contribution in [0.15, 0.2) is 18.2 Å². The van der Waals surface area contributed by atoms with Gasteiger partial charge < -0.3 is 10.5 Å². The van der Waals surface area contributed by atoms with Crippen LogP contribution in [0.3, 0.4) is 0 Å². The van der Waals surface area contributed by atoms with E-state index in [-0.39, 0.29) is 5.92 Å². The standard InChI is InChI=1S/C11H12N2O/c1-8(7-14)4-9-2-3-11(13)10(5-9)6-12/h2-3,5,7-8H,4,13H2,1H3. The van der Waals surface area contributed by atoms with E-state index in [4.69, 9.17) is 11.0 Å². The average molecular weight is 188 g/mol. The van der Waals surface area contributed by atoms with Crippen molar-refractivity contribution < 1.29 is 4.79 Å². The second-order valence-corrected chi connectivity index (χ2v) is 3.35. The summed E-state index contributed by atoms with van der Waals surface area (Å²) in [6, 6.07) is 7.29. The van der Waals surface area contributed by atoms with E-state index < -0.39 is 0 Å². The van der Waals surface area contributed by atoms with Crippen LogP contribution in [-0.2, 0) is 11.2 Å². The summed E-state index contributed by atoms with van der Waals surface area (Å²) in [5, 5.41) is 8.73. The first-order valence-corrected chi connectivity index (χ1v) is 4.41. The van der Waals surface area contributed by atoms with Crippen molar-refractivity contribution in [2.75, 3.05) is 5.73 Å². The quantitative estimate of drug-likeness (QED) is 0.577. The minimum atomic E-state index is -0.0230. The number of hydrogen-bond acceptors (Lipinski definition) is 3. The fourth-order valence-corrected chi connectivity index (χ4v) is 1.25. The summed E-state index contributed by atoms with van der Waals surface area (Å²) in [5.74, 6) is -0.0230. The fraction of sp³-hybridized carbons (Fsp3) is 0.273. The summed E-state index contributed by atoms with van der Waals surface area (Å²) >= 11 is 0. The zero-order chi connectivity index (χ0) is 10.6. The normalized spacial score (nSPS) is 11.7. The molecule has 14 heavy (non-hydrogen) atoms. The van der Waals surface area contributed by atoms with Gasteiger partial charge in [-0.1, -0.05) is 13.0 Å². The Morgan fingerprint density at radius 2 is 2.36 bits per heavy atom. The third-order valence-corrected chi connectivity index (χ3v) is 2.03. The van der Waals surface area contributed by atoms with Crippen molar-refractivity contribution in [2.24, 2.45) is 5.92 Å². The second kappa shape index (κ2) is 4.43. The molecule has 0 aliphatic heterocycles. The fourth-order valence-electron chi connectivity index (χ4n) is 1.25. The third-order valence-electron chi connectivity index (χ3n) is 2.03. The highest BCUT2D eigenvalue weighted by molar-refractivity contribution is 5.57. The van der Waals surface area contributed by atoms with E-state index in [0.29, 0.717) is 17.7 Å². The van der Waals surface area contributed by atoms with Gasteiger partial charge in [0, 0.05) is 11.6 Å². The van der Waals surface area contributed by atoms with Crippen LogP contribution in [0.2, 0.25) is 0 Å². The summed E-state index contributed by atoms with van der Waals surface area (Å²) in [5.41, 5.74) is 7.49. The average Bonchev–Trinajstić information content (AvgIpc) is 2.20. The Kier molecular flexibility index (Phi) is 3.24. The van der Waals surface area contributed by atoms with Crippen LogP contribution in [0.5, 0.6) is 0 Å². The number of carbonyl (C=O) groups excluding carboxylic acids is 1. The Bertz CT molecular complexity index is 379. The first kappa shape index (κ1) is 10.3. The maximum absolute atomic E-state index is 10.4. The van der Waals surface area contributed by atoms with Crippen LogP contribution in [0.1, 0.15) is 18.1 Å². The van der Waals surface area contributed by atoms with Crippen molar-refractivity contribution in [3.05, 3.63) is 29.3 Å². The molecule has 0 heterocycles. The highest BCUT2D eigenvalue weighted by Crippen LogP contribution is 2.15. The van der Waals surface area contributed by atoms with E-state index in [2.05, 4.69) is 0 Å². The van der Waals surface area contributed by atoms with E-state index in [0.717, 1.165) is 11.8 Å². The zero-order valence-electron chi connectivity index (χ0n) is 8.03. The maximum atomic E-state index is 10.4. The topological polar surface area (TPSA) is 66.9 Å². The van der Waals surface area contributed by atoms with Gasteiger partial charge in [-0.25, -0.2) is 0 Å². The number of nitriles is 1. The molecule has 0 radical (unpaired) electrons. The van der Waals surface area contributed by atoms with Crippen LogP contribution in [0.4, 0.5) is 5.69 Å². The van der Waals surface area contributed by atoms with Crippen LogP contribution < -0.4 is 5.73 Å². The molecule has 0 aliphatic carbocycles. The lowest BCUT2D eigenvalue weighted by Crippen LogP contribution is -2.01. The van der Waals surface area contributed by atoms with E-state index >= 15 is 0 Å². The lowest BCUT2D eigenvalue weighted by Gasteiger charge is -2.05. The van der Waals surface area contributed by atoms with E-state index in [1.54, 1.807) is 12.1 Å². The molecule has 2 N–H and O–H groups in total. The van der Waals surface area contributed by atoms with Gasteiger partial charge in [-0.05, 0) is 24.1 Å². The molecular formula is C11H12N2O. The molecule has 0 amide bonds. The van der Waals surface area contributed by atoms with E-state index in [1.165, 1.54) is 0 Å². The number of nitrogen functional groups attached to an aromatic ring is 1. The monoisotopic (exact) mass is 188 g/mol. The molecule has 3 heteroatoms. The van der Waals surface area contributed by atoms with Crippen molar-refractivity contribution >= 4 is 12.0 Å². The van der Waals surface area contributed by atoms with Crippen LogP contribution in [0.25, 0.3) is 0 Å². The number of carbonyl (C=O) groups is 1. The number of nitrogens with zero attached hydrogens (tertiary/aromatic N) is 1. The van der Waals surface area contributed by atoms with Gasteiger partial charge in [-0.2, -0.15) is 5.26 Å². The molecule has 0 spiro atoms. The molecule has 0 bridgehead atoms. The van der Waals surface area contributed by atoms with Crippen molar-refractivity contribution in [3.63, 3.8) is 0 Å². The van der Waals surface area contributed by atoms with Crippen molar-refractivity contribution in [1.29, 1.82) is 5.26 Å². The molecular weight excluding hydrogens is 176 g/mol. The van der Waals surface area contributed by atoms with Gasteiger partial charge in [0.05, 0.1) is 5.56 Å². The number of nitrogens with two attached hydrogens (primary N) is 1. The zero-order valence-corrected chi connectivity index (χ0v) is 8.03. The van der Waals surface area contributed by atoms with Crippen molar-refractivity contribution in [2.45, 2.75) is 13.3 Å². The van der Waals surface area contributed by atoms with Gasteiger partial charge in [-0.15, -0.1) is 0 Å². The summed E-state index contributed by atoms with van der Waals surface area (Å²) < 4.78 is 0. The second-order valence-electron chi connectivity index (χ2n) is 3.35. The Morgan fingerprint density at radius 1 is 1.64 bits per heavy atom. The predicted octanol–water partition coefficient (Wildman–Crippen LogP) is 1.52. The molecule has 1 unspecified atom stereocenters. The summed E-state index contributed by atoms with van der Waals surface area (Å²) in [6.07, 6.45) is 1.56. The molecule has 0 aromatic heterocycles. The first-order chi connectivity index (χ1) is 6.67. The summed E-state index contributed by atoms with van der Waals surface area (Å²) in [6.45, 7) is 1.84. The van der Waals surface area contributed by atoms with E-state index in [1.807, 2.05) is 19.1 Å². The minimum Gasteiger partial charge on any atom is -0.398 e. The van der Waals surface area contributed by atoms with Crippen LogP contribution >= 0.6 is 0 Å². The highest BCUT2D eigenvalue weighted by Gasteiger charge is 2.04. The molecule has 0 fully saturated rings. The lowest BCUT2D eigenvalue weighted by atomic mass is 10.0. The molecule has 0 saturated carbocycles. The number of rotatable bonds is 3. The first-order valence-electron chi connectivity index (χ1n) is 4.41. The molecule has 72 valence electrons. The van der Waals surface area contributed by atoms with Crippen molar-refractivity contribution in [1.82, 2.24) is 0 Å². The Hall–Kier alpha value is -1.82. The van der Waals surface area contributed by atoms with Gasteiger partial charge in [0.2, 0.25) is 0 Å². The third kappa shape index (κ3) is 2.33. The lowest BCUT2D eigenvalue weighted by molar-refractivity contribution is -0.110. The van der Waals surface area contributed by atoms with Crippen LogP contribution in [0, 0.1) is 17.2 Å². The van der Waals surface area contributed by atoms with Gasteiger partial charge in [0.15, 0.2) is 0 Å². The largest absolute Gasteiger partial charge is 0.398 e. The van der Waals surface area contributed by atoms with Gasteiger partial charge in [0.1, 0.15) is 12.4 Å². The Morgan fingerprint density at radius 3 is 2.93 bits per heavy atom. The highest BCUT2D eigenvalue weighted by atomic mass is 16.1. The molecule has 0 aliphatic rings. The van der Waals surface area contributed by atoms with Gasteiger partial charge in [-0.3, -0.25) is 0 Å². The molecule has 3 nitrogen and oxygen atoms in total. The minimum absolute atomic E-state index is 0.0230. The molecule has 1 rings (SSSR count). The number of anilines is 1. The van der Waals surface area contributed by atoms with Gasteiger partial charge >= 0.3 is 0 Å². The molecule has 1 aromatic carbocycles. The Labute approximate surface area is 83.2 Å². The number of hydrogen-bond donors (Lipinski definition) is 1. The van der Waals surface area contributed by atoms with E-state index in [9.17, 15) is 4.79 Å². The Balaban J connectivity index is 2.91. The number of benzene rings is 1. The summed E-state index contributed by atoms with van der Waals surface area (Å²) in [4.78, 5) is 10.4. The molecule has 1 atom stereocenters. The smallest absolute Gasteiger partial charge is 0.123 e. The van der Waals surface area contributed by atoms with Crippen molar-refractivity contribution in [3.8, 4) is 6.07 Å².